The number of nitrogens with zero attached hydrogens (tertiary/aromatic N) is 2. The van der Waals surface area contributed by atoms with Crippen molar-refractivity contribution in [3.63, 3.8) is 0 Å². The van der Waals surface area contributed by atoms with Gasteiger partial charge in [-0.2, -0.15) is 0 Å². The van der Waals surface area contributed by atoms with Crippen molar-refractivity contribution in [1.29, 1.82) is 0 Å². The van der Waals surface area contributed by atoms with Gasteiger partial charge in [-0.3, -0.25) is 4.79 Å². The maximum atomic E-state index is 12.5. The number of carbonyl (C=O) groups excluding carboxylic acids is 1. The van der Waals surface area contributed by atoms with Crippen LogP contribution in [0.4, 0.5) is 11.5 Å². The van der Waals surface area contributed by atoms with E-state index < -0.39 is 0 Å². The fraction of sp³-hybridized carbons (Fsp3) is 0.476. The van der Waals surface area contributed by atoms with Crippen molar-refractivity contribution in [2.75, 3.05) is 5.32 Å². The Bertz CT molecular complexity index is 738. The molecule has 1 aliphatic carbocycles. The molecule has 0 spiro atoms. The van der Waals surface area contributed by atoms with Crippen molar-refractivity contribution in [2.24, 2.45) is 0 Å². The molecular weight excluding hydrogens is 340 g/mol. The first-order valence-electron chi connectivity index (χ1n) is 9.77. The van der Waals surface area contributed by atoms with Crippen LogP contribution in [0, 0.1) is 0 Å². The monoisotopic (exact) mass is 368 g/mol. The van der Waals surface area contributed by atoms with Crippen molar-refractivity contribution in [3.05, 3.63) is 42.4 Å². The number of hydrogen-bond donors (Lipinski definition) is 2. The summed E-state index contributed by atoms with van der Waals surface area (Å²) in [6, 6.07) is 9.59. The lowest BCUT2D eigenvalue weighted by molar-refractivity contribution is 0.0928. The van der Waals surface area contributed by atoms with E-state index in [1.807, 2.05) is 38.1 Å². The lowest BCUT2D eigenvalue weighted by Gasteiger charge is -2.16. The molecular formula is C21H28N4O2. The number of nitrogens with one attached hydrogen (secondary N) is 2. The third-order valence-electron chi connectivity index (χ3n) is 4.59. The quantitative estimate of drug-likeness (QED) is 0.736. The molecule has 0 unspecified atom stereocenters. The lowest BCUT2D eigenvalue weighted by Crippen LogP contribution is -2.34. The lowest BCUT2D eigenvalue weighted by atomic mass is 10.1. The molecule has 0 bridgehead atoms. The van der Waals surface area contributed by atoms with E-state index in [2.05, 4.69) is 20.6 Å². The zero-order valence-electron chi connectivity index (χ0n) is 16.1. The van der Waals surface area contributed by atoms with Crippen LogP contribution in [0.25, 0.3) is 0 Å². The Morgan fingerprint density at radius 1 is 1.07 bits per heavy atom. The van der Waals surface area contributed by atoms with E-state index in [0.717, 1.165) is 24.3 Å². The van der Waals surface area contributed by atoms with Gasteiger partial charge in [0, 0.05) is 17.8 Å². The van der Waals surface area contributed by atoms with E-state index in [-0.39, 0.29) is 18.1 Å². The average Bonchev–Trinajstić information content (AvgIpc) is 2.92. The van der Waals surface area contributed by atoms with Gasteiger partial charge in [-0.15, -0.1) is 0 Å². The number of amides is 1. The van der Waals surface area contributed by atoms with Gasteiger partial charge in [-0.25, -0.2) is 9.97 Å². The molecule has 1 aliphatic rings. The Labute approximate surface area is 160 Å². The minimum absolute atomic E-state index is 0.131. The number of aromatic nitrogens is 2. The van der Waals surface area contributed by atoms with Crippen molar-refractivity contribution in [1.82, 2.24) is 15.3 Å². The van der Waals surface area contributed by atoms with E-state index in [9.17, 15) is 4.79 Å². The largest absolute Gasteiger partial charge is 0.491 e. The van der Waals surface area contributed by atoms with Crippen molar-refractivity contribution in [3.8, 4) is 5.75 Å². The Balaban J connectivity index is 1.61. The molecule has 1 amide bonds. The number of benzene rings is 1. The highest BCUT2D eigenvalue weighted by Crippen LogP contribution is 2.20. The molecule has 144 valence electrons. The second kappa shape index (κ2) is 9.35. The third kappa shape index (κ3) is 5.94. The van der Waals surface area contributed by atoms with Gasteiger partial charge in [0.1, 0.15) is 23.6 Å². The van der Waals surface area contributed by atoms with Gasteiger partial charge in [0.05, 0.1) is 6.10 Å². The standard InChI is InChI=1S/C21H28N4O2/c1-15(2)27-18-11-9-17(10-12-18)24-20-13-19(22-14-23-20)21(26)25-16-7-5-3-4-6-8-16/h9-16H,3-8H2,1-2H3,(H,25,26)(H,22,23,24). The van der Waals surface area contributed by atoms with Gasteiger partial charge in [0.15, 0.2) is 0 Å². The number of carbonyl (C=O) groups is 1. The Hall–Kier alpha value is -2.63. The summed E-state index contributed by atoms with van der Waals surface area (Å²) >= 11 is 0. The van der Waals surface area contributed by atoms with Crippen LogP contribution >= 0.6 is 0 Å². The smallest absolute Gasteiger partial charge is 0.270 e. The first-order valence-corrected chi connectivity index (χ1v) is 9.77. The van der Waals surface area contributed by atoms with Crippen LogP contribution < -0.4 is 15.4 Å². The van der Waals surface area contributed by atoms with E-state index in [0.29, 0.717) is 11.5 Å². The second-order valence-electron chi connectivity index (χ2n) is 7.27. The Kier molecular flexibility index (Phi) is 6.63. The third-order valence-corrected chi connectivity index (χ3v) is 4.59. The van der Waals surface area contributed by atoms with E-state index in [4.69, 9.17) is 4.74 Å². The van der Waals surface area contributed by atoms with Crippen molar-refractivity contribution >= 4 is 17.4 Å². The van der Waals surface area contributed by atoms with Crippen LogP contribution in [-0.4, -0.2) is 28.0 Å². The van der Waals surface area contributed by atoms with E-state index in [1.165, 1.54) is 32.0 Å². The van der Waals surface area contributed by atoms with Crippen molar-refractivity contribution < 1.29 is 9.53 Å². The molecule has 1 fully saturated rings. The fourth-order valence-electron chi connectivity index (χ4n) is 3.27. The molecule has 0 saturated heterocycles. The number of rotatable bonds is 6. The van der Waals surface area contributed by atoms with Gasteiger partial charge in [0.2, 0.25) is 0 Å². The summed E-state index contributed by atoms with van der Waals surface area (Å²) in [4.78, 5) is 20.9. The molecule has 1 heterocycles. The highest BCUT2D eigenvalue weighted by atomic mass is 16.5. The number of anilines is 2. The highest BCUT2D eigenvalue weighted by molar-refractivity contribution is 5.93. The second-order valence-corrected chi connectivity index (χ2v) is 7.27. The SMILES string of the molecule is CC(C)Oc1ccc(Nc2cc(C(=O)NC3CCCCCC3)ncn2)cc1. The van der Waals surface area contributed by atoms with Crippen LogP contribution in [0.3, 0.4) is 0 Å². The molecule has 6 heteroatoms. The summed E-state index contributed by atoms with van der Waals surface area (Å²) < 4.78 is 5.64. The van der Waals surface area contributed by atoms with Crippen LogP contribution in [0.15, 0.2) is 36.7 Å². The summed E-state index contributed by atoms with van der Waals surface area (Å²) in [6.45, 7) is 3.99. The number of hydrogen-bond acceptors (Lipinski definition) is 5. The molecule has 0 aliphatic heterocycles. The van der Waals surface area contributed by atoms with Crippen LogP contribution in [0.2, 0.25) is 0 Å². The maximum absolute atomic E-state index is 12.5. The summed E-state index contributed by atoms with van der Waals surface area (Å²) in [5.74, 6) is 1.28. The van der Waals surface area contributed by atoms with E-state index >= 15 is 0 Å². The highest BCUT2D eigenvalue weighted by Gasteiger charge is 2.17. The van der Waals surface area contributed by atoms with Crippen LogP contribution in [0.1, 0.15) is 62.9 Å². The minimum atomic E-state index is -0.131. The average molecular weight is 368 g/mol. The molecule has 1 aromatic heterocycles. The summed E-state index contributed by atoms with van der Waals surface area (Å²) in [5.41, 5.74) is 1.26. The van der Waals surface area contributed by atoms with Gasteiger partial charge in [-0.05, 0) is 51.0 Å². The normalized spacial score (nSPS) is 15.2. The van der Waals surface area contributed by atoms with Crippen LogP contribution in [0.5, 0.6) is 5.75 Å². The summed E-state index contributed by atoms with van der Waals surface area (Å²) in [5, 5.41) is 6.33. The molecule has 3 rings (SSSR count). The van der Waals surface area contributed by atoms with Crippen LogP contribution in [-0.2, 0) is 0 Å². The van der Waals surface area contributed by atoms with Gasteiger partial charge in [0.25, 0.3) is 5.91 Å². The van der Waals surface area contributed by atoms with Gasteiger partial charge >= 0.3 is 0 Å². The molecule has 0 radical (unpaired) electrons. The maximum Gasteiger partial charge on any atom is 0.270 e. The predicted molar refractivity (Wildman–Crippen MR) is 106 cm³/mol. The summed E-state index contributed by atoms with van der Waals surface area (Å²) in [7, 11) is 0. The predicted octanol–water partition coefficient (Wildman–Crippen LogP) is 4.46. The minimum Gasteiger partial charge on any atom is -0.491 e. The molecule has 6 nitrogen and oxygen atoms in total. The number of ether oxygens (including phenoxy) is 1. The molecule has 27 heavy (non-hydrogen) atoms. The first-order chi connectivity index (χ1) is 13.1. The first kappa shape index (κ1) is 19.1. The van der Waals surface area contributed by atoms with E-state index in [1.54, 1.807) is 6.07 Å². The summed E-state index contributed by atoms with van der Waals surface area (Å²) in [6.07, 6.45) is 8.53. The fourth-order valence-corrected chi connectivity index (χ4v) is 3.27. The molecule has 2 aromatic rings. The molecule has 1 saturated carbocycles. The Morgan fingerprint density at radius 2 is 1.78 bits per heavy atom. The van der Waals surface area contributed by atoms with Crippen molar-refractivity contribution in [2.45, 2.75) is 64.5 Å². The van der Waals surface area contributed by atoms with Gasteiger partial charge < -0.3 is 15.4 Å². The molecule has 1 aromatic carbocycles. The van der Waals surface area contributed by atoms with Gasteiger partial charge in [-0.1, -0.05) is 25.7 Å². The Morgan fingerprint density at radius 3 is 2.44 bits per heavy atom. The molecule has 2 N–H and O–H groups in total. The molecule has 0 atom stereocenters. The topological polar surface area (TPSA) is 76.1 Å². The zero-order valence-corrected chi connectivity index (χ0v) is 16.1. The zero-order chi connectivity index (χ0) is 19.1.